The Hall–Kier alpha value is -1.46. The lowest BCUT2D eigenvalue weighted by molar-refractivity contribution is -0.139. The largest absolute Gasteiger partial charge is 0.421 e. The second-order valence-corrected chi connectivity index (χ2v) is 2.43. The summed E-state index contributed by atoms with van der Waals surface area (Å²) in [5.41, 5.74) is 7.17. The molecule has 0 radical (unpaired) electrons. The standard InChI is InChI=1S/C7H6F4N2/c8-6-4(13)2-1-3(12)5(6)7(9,10)11/h1-2H,12-13H2. The van der Waals surface area contributed by atoms with Crippen LogP contribution in [0.15, 0.2) is 12.1 Å². The zero-order valence-electron chi connectivity index (χ0n) is 6.32. The predicted octanol–water partition coefficient (Wildman–Crippen LogP) is 2.01. The molecule has 72 valence electrons. The molecule has 0 aliphatic rings. The second kappa shape index (κ2) is 2.79. The monoisotopic (exact) mass is 194 g/mol. The third-order valence-electron chi connectivity index (χ3n) is 1.49. The maximum Gasteiger partial charge on any atom is 0.421 e. The van der Waals surface area contributed by atoms with E-state index >= 15 is 0 Å². The summed E-state index contributed by atoms with van der Waals surface area (Å²) < 4.78 is 49.2. The van der Waals surface area contributed by atoms with Crippen molar-refractivity contribution in [3.8, 4) is 0 Å². The molecule has 0 heterocycles. The van der Waals surface area contributed by atoms with Crippen LogP contribution in [0.5, 0.6) is 0 Å². The number of nitrogens with two attached hydrogens (primary N) is 2. The van der Waals surface area contributed by atoms with Crippen LogP contribution in [-0.4, -0.2) is 0 Å². The van der Waals surface area contributed by atoms with E-state index in [2.05, 4.69) is 0 Å². The average Bonchev–Trinajstić information content (AvgIpc) is 1.95. The van der Waals surface area contributed by atoms with E-state index in [-0.39, 0.29) is 0 Å². The van der Waals surface area contributed by atoms with Crippen LogP contribution in [0.1, 0.15) is 5.56 Å². The van der Waals surface area contributed by atoms with E-state index in [9.17, 15) is 17.6 Å². The smallest absolute Gasteiger partial charge is 0.398 e. The van der Waals surface area contributed by atoms with Crippen molar-refractivity contribution >= 4 is 11.4 Å². The molecule has 0 aliphatic carbocycles. The molecule has 6 heteroatoms. The van der Waals surface area contributed by atoms with Gasteiger partial charge in [-0.1, -0.05) is 0 Å². The molecule has 0 spiro atoms. The van der Waals surface area contributed by atoms with Gasteiger partial charge in [0.1, 0.15) is 5.56 Å². The maximum absolute atomic E-state index is 12.8. The van der Waals surface area contributed by atoms with E-state index in [1.54, 1.807) is 0 Å². The minimum atomic E-state index is -4.82. The molecule has 4 N–H and O–H groups in total. The van der Waals surface area contributed by atoms with Gasteiger partial charge in [-0.15, -0.1) is 0 Å². The van der Waals surface area contributed by atoms with Crippen molar-refractivity contribution in [2.24, 2.45) is 0 Å². The fourth-order valence-electron chi connectivity index (χ4n) is 0.895. The number of hydrogen-bond donors (Lipinski definition) is 2. The normalized spacial score (nSPS) is 11.7. The average molecular weight is 194 g/mol. The summed E-state index contributed by atoms with van der Waals surface area (Å²) in [4.78, 5) is 0. The van der Waals surface area contributed by atoms with Gasteiger partial charge in [0.05, 0.1) is 5.69 Å². The Morgan fingerprint density at radius 1 is 1.00 bits per heavy atom. The third-order valence-corrected chi connectivity index (χ3v) is 1.49. The molecule has 0 saturated carbocycles. The molecule has 2 nitrogen and oxygen atoms in total. The molecular formula is C7H6F4N2. The Morgan fingerprint density at radius 2 is 1.46 bits per heavy atom. The molecule has 0 amide bonds. The minimum Gasteiger partial charge on any atom is -0.398 e. The van der Waals surface area contributed by atoms with Crippen molar-refractivity contribution in [1.29, 1.82) is 0 Å². The van der Waals surface area contributed by atoms with E-state index in [4.69, 9.17) is 11.5 Å². The van der Waals surface area contributed by atoms with Crippen molar-refractivity contribution < 1.29 is 17.6 Å². The SMILES string of the molecule is Nc1ccc(N)c(C(F)(F)F)c1F. The van der Waals surface area contributed by atoms with Crippen LogP contribution in [0.25, 0.3) is 0 Å². The van der Waals surface area contributed by atoms with Crippen LogP contribution in [0.2, 0.25) is 0 Å². The number of rotatable bonds is 0. The van der Waals surface area contributed by atoms with E-state index in [0.717, 1.165) is 12.1 Å². The van der Waals surface area contributed by atoms with E-state index < -0.39 is 28.9 Å². The van der Waals surface area contributed by atoms with Crippen molar-refractivity contribution in [1.82, 2.24) is 0 Å². The fourth-order valence-corrected chi connectivity index (χ4v) is 0.895. The van der Waals surface area contributed by atoms with Gasteiger partial charge in [0.15, 0.2) is 5.82 Å². The number of hydrogen-bond acceptors (Lipinski definition) is 2. The first-order valence-electron chi connectivity index (χ1n) is 3.24. The van der Waals surface area contributed by atoms with Crippen LogP contribution >= 0.6 is 0 Å². The zero-order chi connectivity index (χ0) is 10.2. The van der Waals surface area contributed by atoms with Crippen molar-refractivity contribution in [2.45, 2.75) is 6.18 Å². The zero-order valence-corrected chi connectivity index (χ0v) is 6.32. The molecule has 13 heavy (non-hydrogen) atoms. The molecule has 0 saturated heterocycles. The molecule has 1 rings (SSSR count). The summed E-state index contributed by atoms with van der Waals surface area (Å²) in [6, 6.07) is 1.90. The van der Waals surface area contributed by atoms with Gasteiger partial charge >= 0.3 is 6.18 Å². The van der Waals surface area contributed by atoms with Crippen LogP contribution in [0.4, 0.5) is 28.9 Å². The fraction of sp³-hybridized carbons (Fsp3) is 0.143. The van der Waals surface area contributed by atoms with E-state index in [0.29, 0.717) is 0 Å². The Labute approximate surface area is 71.1 Å². The molecule has 0 atom stereocenters. The molecule has 0 unspecified atom stereocenters. The van der Waals surface area contributed by atoms with Crippen molar-refractivity contribution in [3.05, 3.63) is 23.5 Å². The lowest BCUT2D eigenvalue weighted by Gasteiger charge is -2.11. The minimum absolute atomic E-state index is 0.568. The highest BCUT2D eigenvalue weighted by atomic mass is 19.4. The Kier molecular flexibility index (Phi) is 2.07. The van der Waals surface area contributed by atoms with Gasteiger partial charge < -0.3 is 11.5 Å². The maximum atomic E-state index is 12.8. The number of anilines is 2. The molecule has 1 aromatic rings. The van der Waals surface area contributed by atoms with Crippen LogP contribution in [0, 0.1) is 5.82 Å². The van der Waals surface area contributed by atoms with E-state index in [1.165, 1.54) is 0 Å². The molecule has 0 aromatic heterocycles. The van der Waals surface area contributed by atoms with Crippen LogP contribution in [-0.2, 0) is 6.18 Å². The molecule has 0 aliphatic heterocycles. The lowest BCUT2D eigenvalue weighted by Crippen LogP contribution is -2.13. The van der Waals surface area contributed by atoms with Crippen LogP contribution in [0.3, 0.4) is 0 Å². The third kappa shape index (κ3) is 1.66. The summed E-state index contributed by atoms with van der Waals surface area (Å²) in [7, 11) is 0. The van der Waals surface area contributed by atoms with Crippen molar-refractivity contribution in [2.75, 3.05) is 11.5 Å². The number of nitrogen functional groups attached to an aromatic ring is 2. The molecule has 0 bridgehead atoms. The highest BCUT2D eigenvalue weighted by Crippen LogP contribution is 2.37. The predicted molar refractivity (Wildman–Crippen MR) is 40.2 cm³/mol. The molecule has 0 fully saturated rings. The molecular weight excluding hydrogens is 188 g/mol. The summed E-state index contributed by atoms with van der Waals surface area (Å²) in [5.74, 6) is -1.52. The number of halogens is 4. The summed E-state index contributed by atoms with van der Waals surface area (Å²) in [5, 5.41) is 0. The van der Waals surface area contributed by atoms with Gasteiger partial charge in [0, 0.05) is 5.69 Å². The first-order chi connectivity index (χ1) is 5.84. The summed E-state index contributed by atoms with van der Waals surface area (Å²) in [6.45, 7) is 0. The van der Waals surface area contributed by atoms with Gasteiger partial charge in [0.25, 0.3) is 0 Å². The highest BCUT2D eigenvalue weighted by molar-refractivity contribution is 5.57. The van der Waals surface area contributed by atoms with Gasteiger partial charge in [-0.05, 0) is 12.1 Å². The number of alkyl halides is 3. The molecule has 1 aromatic carbocycles. The highest BCUT2D eigenvalue weighted by Gasteiger charge is 2.37. The van der Waals surface area contributed by atoms with Crippen molar-refractivity contribution in [3.63, 3.8) is 0 Å². The first-order valence-corrected chi connectivity index (χ1v) is 3.24. The quantitative estimate of drug-likeness (QED) is 0.490. The van der Waals surface area contributed by atoms with E-state index in [1.807, 2.05) is 0 Å². The topological polar surface area (TPSA) is 52.0 Å². The van der Waals surface area contributed by atoms with Gasteiger partial charge in [-0.3, -0.25) is 0 Å². The Balaban J connectivity index is 3.43. The first kappa shape index (κ1) is 9.63. The van der Waals surface area contributed by atoms with Crippen LogP contribution < -0.4 is 11.5 Å². The Bertz CT molecular complexity index is 332. The Morgan fingerprint density at radius 3 is 1.85 bits per heavy atom. The van der Waals surface area contributed by atoms with Gasteiger partial charge in [0.2, 0.25) is 0 Å². The second-order valence-electron chi connectivity index (χ2n) is 2.43. The van der Waals surface area contributed by atoms with Gasteiger partial charge in [-0.25, -0.2) is 4.39 Å². The summed E-state index contributed by atoms with van der Waals surface area (Å²) in [6.07, 6.45) is -4.82. The lowest BCUT2D eigenvalue weighted by atomic mass is 10.1. The van der Waals surface area contributed by atoms with Gasteiger partial charge in [-0.2, -0.15) is 13.2 Å². The number of benzene rings is 1. The summed E-state index contributed by atoms with van der Waals surface area (Å²) >= 11 is 0.